The summed E-state index contributed by atoms with van der Waals surface area (Å²) in [7, 11) is 0. The molecule has 1 aliphatic heterocycles. The van der Waals surface area contributed by atoms with Gasteiger partial charge in [-0.3, -0.25) is 15.0 Å². The highest BCUT2D eigenvalue weighted by atomic mass is 16.7. The van der Waals surface area contributed by atoms with Gasteiger partial charge in [0.25, 0.3) is 5.69 Å². The molecule has 0 saturated heterocycles. The van der Waals surface area contributed by atoms with Gasteiger partial charge in [0.15, 0.2) is 0 Å². The lowest BCUT2D eigenvalue weighted by Crippen LogP contribution is -2.70. The van der Waals surface area contributed by atoms with Gasteiger partial charge in [0.1, 0.15) is 29.9 Å². The molecular formula is C53H63N3O12. The minimum atomic E-state index is -1.54. The van der Waals surface area contributed by atoms with E-state index in [-0.39, 0.29) is 89.3 Å². The van der Waals surface area contributed by atoms with Crippen LogP contribution in [0.25, 0.3) is 11.1 Å². The highest BCUT2D eigenvalue weighted by molar-refractivity contribution is 6.03. The minimum Gasteiger partial charge on any atom is -0.459 e. The lowest BCUT2D eigenvalue weighted by Gasteiger charge is -2.59. The van der Waals surface area contributed by atoms with Crippen LogP contribution in [0.2, 0.25) is 0 Å². The number of hydrogen-bond donors (Lipinski definition) is 3. The van der Waals surface area contributed by atoms with Gasteiger partial charge in [-0.05, 0) is 109 Å². The van der Waals surface area contributed by atoms with Crippen LogP contribution in [0.5, 0.6) is 17.2 Å². The molecule has 6 atom stereocenters. The number of nitro groups is 1. The maximum atomic E-state index is 14.3. The number of hydrogen-bond acceptors (Lipinski definition) is 13. The predicted octanol–water partition coefficient (Wildman–Crippen LogP) is 9.36. The van der Waals surface area contributed by atoms with Crippen LogP contribution < -0.4 is 9.47 Å². The van der Waals surface area contributed by atoms with Gasteiger partial charge in [-0.1, -0.05) is 72.6 Å². The number of nitro benzene ring substituents is 1. The topological polar surface area (TPSA) is 192 Å². The summed E-state index contributed by atoms with van der Waals surface area (Å²) >= 11 is 0. The van der Waals surface area contributed by atoms with Crippen molar-refractivity contribution in [1.29, 1.82) is 0 Å². The van der Waals surface area contributed by atoms with E-state index in [4.69, 9.17) is 33.7 Å². The van der Waals surface area contributed by atoms with Crippen LogP contribution in [-0.4, -0.2) is 102 Å². The van der Waals surface area contributed by atoms with E-state index in [9.17, 15) is 30.2 Å². The third kappa shape index (κ3) is 11.6. The Morgan fingerprint density at radius 2 is 1.63 bits per heavy atom. The smallest absolute Gasteiger partial charge is 0.410 e. The molecule has 362 valence electrons. The average Bonchev–Trinajstić information content (AvgIpc) is 3.35. The van der Waals surface area contributed by atoms with Crippen molar-refractivity contribution in [2.75, 3.05) is 52.8 Å². The van der Waals surface area contributed by atoms with Crippen LogP contribution in [0.15, 0.2) is 127 Å². The van der Waals surface area contributed by atoms with E-state index in [0.717, 1.165) is 47.9 Å². The molecule has 1 amide bonds. The van der Waals surface area contributed by atoms with Gasteiger partial charge in [-0.15, -0.1) is 6.58 Å². The number of allylic oxidation sites excluding steroid dienone is 1. The zero-order chi connectivity index (χ0) is 47.9. The number of rotatable bonds is 25. The molecule has 0 aromatic heterocycles. The molecule has 4 aromatic rings. The Balaban J connectivity index is 1.39. The minimum absolute atomic E-state index is 0.0122. The molecule has 0 bridgehead atoms. The molecule has 7 rings (SSSR count). The Labute approximate surface area is 397 Å². The number of fused-ring (bicyclic) bond motifs is 2. The molecule has 2 aliphatic carbocycles. The van der Waals surface area contributed by atoms with Crippen LogP contribution in [0.4, 0.5) is 10.5 Å². The monoisotopic (exact) mass is 933 g/mol. The van der Waals surface area contributed by atoms with Gasteiger partial charge in [0.05, 0.1) is 49.6 Å². The SMILES string of the molecule is C=CCO[C@@]12Oc3ccc(Oc4ccc(-c5ccccc5)cc4)cc3[C@H]3[C@H](CCCCO)[C@@H](CCCCO)C=C(C(=NOCc4ccc([N+](=O)[O-])cc4)C[C@@H]1N(CCOCCO)C(=O)OCC)[C@H]32. The number of amides is 1. The largest absolute Gasteiger partial charge is 0.459 e. The van der Waals surface area contributed by atoms with E-state index < -0.39 is 28.8 Å². The van der Waals surface area contributed by atoms with Gasteiger partial charge < -0.3 is 43.8 Å². The van der Waals surface area contributed by atoms with Crippen LogP contribution in [0, 0.1) is 27.9 Å². The number of non-ortho nitro benzene ring substituents is 1. The Hall–Kier alpha value is -6.10. The summed E-state index contributed by atoms with van der Waals surface area (Å²) in [6, 6.07) is 29.1. The zero-order valence-electron chi connectivity index (χ0n) is 38.7. The number of oxime groups is 1. The van der Waals surface area contributed by atoms with E-state index in [2.05, 4.69) is 24.8 Å². The van der Waals surface area contributed by atoms with Crippen molar-refractivity contribution in [1.82, 2.24) is 4.90 Å². The average molecular weight is 934 g/mol. The summed E-state index contributed by atoms with van der Waals surface area (Å²) in [5, 5.41) is 45.8. The number of aliphatic hydroxyl groups is 3. The Morgan fingerprint density at radius 3 is 2.32 bits per heavy atom. The van der Waals surface area contributed by atoms with Crippen molar-refractivity contribution in [3.63, 3.8) is 0 Å². The first-order chi connectivity index (χ1) is 33.2. The molecule has 15 nitrogen and oxygen atoms in total. The van der Waals surface area contributed by atoms with E-state index in [1.165, 1.54) is 12.1 Å². The molecular weight excluding hydrogens is 871 g/mol. The van der Waals surface area contributed by atoms with E-state index >= 15 is 0 Å². The molecule has 1 fully saturated rings. The first kappa shape index (κ1) is 49.8. The molecule has 0 unspecified atom stereocenters. The van der Waals surface area contributed by atoms with Crippen molar-refractivity contribution in [3.8, 4) is 28.4 Å². The number of carbonyl (C=O) groups is 1. The Morgan fingerprint density at radius 1 is 0.912 bits per heavy atom. The molecule has 1 heterocycles. The van der Waals surface area contributed by atoms with Crippen LogP contribution in [-0.2, 0) is 25.7 Å². The fourth-order valence-electron chi connectivity index (χ4n) is 10.0. The quantitative estimate of drug-likeness (QED) is 0.0247. The van der Waals surface area contributed by atoms with E-state index in [1.807, 2.05) is 60.7 Å². The van der Waals surface area contributed by atoms with Crippen molar-refractivity contribution in [2.24, 2.45) is 22.9 Å². The number of ether oxygens (including phenoxy) is 5. The lowest BCUT2D eigenvalue weighted by molar-refractivity contribution is -0.384. The van der Waals surface area contributed by atoms with Gasteiger partial charge in [-0.25, -0.2) is 4.79 Å². The molecule has 15 heteroatoms. The third-order valence-electron chi connectivity index (χ3n) is 13.0. The number of aliphatic hydroxyl groups excluding tert-OH is 3. The second kappa shape index (κ2) is 24.3. The van der Waals surface area contributed by atoms with Crippen LogP contribution in [0.3, 0.4) is 0 Å². The first-order valence-corrected chi connectivity index (χ1v) is 23.6. The molecule has 0 radical (unpaired) electrons. The van der Waals surface area contributed by atoms with Crippen molar-refractivity contribution in [2.45, 2.75) is 76.2 Å². The highest BCUT2D eigenvalue weighted by Crippen LogP contribution is 2.62. The molecule has 4 aromatic carbocycles. The van der Waals surface area contributed by atoms with Gasteiger partial charge >= 0.3 is 6.09 Å². The normalized spacial score (nSPS) is 22.0. The fraction of sp³-hybridized carbons (Fsp3) is 0.434. The second-order valence-electron chi connectivity index (χ2n) is 17.2. The number of unbranched alkanes of at least 4 members (excludes halogenated alkanes) is 2. The Kier molecular flexibility index (Phi) is 17.8. The van der Waals surface area contributed by atoms with E-state index in [0.29, 0.717) is 41.4 Å². The molecule has 68 heavy (non-hydrogen) atoms. The summed E-state index contributed by atoms with van der Waals surface area (Å²) in [6.45, 7) is 6.03. The van der Waals surface area contributed by atoms with Crippen LogP contribution >= 0.6 is 0 Å². The molecule has 1 saturated carbocycles. The predicted molar refractivity (Wildman–Crippen MR) is 256 cm³/mol. The summed E-state index contributed by atoms with van der Waals surface area (Å²) in [5.41, 5.74) is 5.07. The standard InChI is InChI=1S/C53H63N3O12/c1-3-30-65-53-49(55(52(60)64-4-2)26-31-63-32-29-59)35-47(54-66-36-37-16-20-41(21-17-37)56(61)62)45-33-40(14-8-10-27-57)44(15-9-11-28-58)50(51(45)53)46-34-43(24-25-48(46)68-53)67-42-22-18-39(19-23-42)38-12-6-5-7-13-38/h3,5-7,12-13,16-25,33-34,40,44,49-51,57-59H,1,4,8-11,14-15,26-32,35-36H2,2H3/t40-,44+,49-,50+,51+,53+/m0/s1. The fourth-order valence-corrected chi connectivity index (χ4v) is 10.0. The molecule has 3 N–H and O–H groups in total. The summed E-state index contributed by atoms with van der Waals surface area (Å²) in [4.78, 5) is 32.9. The lowest BCUT2D eigenvalue weighted by atomic mass is 9.55. The van der Waals surface area contributed by atoms with Crippen molar-refractivity contribution < 1.29 is 53.6 Å². The van der Waals surface area contributed by atoms with Crippen LogP contribution in [0.1, 0.15) is 68.9 Å². The number of nitrogens with zero attached hydrogens (tertiary/aromatic N) is 3. The highest BCUT2D eigenvalue weighted by Gasteiger charge is 2.65. The number of carbonyl (C=O) groups excluding carboxylic acids is 1. The summed E-state index contributed by atoms with van der Waals surface area (Å²) in [6.07, 6.45) is 7.63. The van der Waals surface area contributed by atoms with E-state index in [1.54, 1.807) is 30.0 Å². The van der Waals surface area contributed by atoms with Crippen molar-refractivity contribution >= 4 is 17.5 Å². The summed E-state index contributed by atoms with van der Waals surface area (Å²) in [5.74, 6) is -0.691. The first-order valence-electron chi connectivity index (χ1n) is 23.6. The molecule has 0 spiro atoms. The van der Waals surface area contributed by atoms with Crippen molar-refractivity contribution in [3.05, 3.63) is 143 Å². The second-order valence-corrected chi connectivity index (χ2v) is 17.2. The summed E-state index contributed by atoms with van der Waals surface area (Å²) < 4.78 is 32.4. The van der Waals surface area contributed by atoms with Gasteiger partial charge in [0, 0.05) is 49.8 Å². The third-order valence-corrected chi connectivity index (χ3v) is 13.0. The van der Waals surface area contributed by atoms with Gasteiger partial charge in [-0.2, -0.15) is 0 Å². The van der Waals surface area contributed by atoms with Gasteiger partial charge in [0.2, 0.25) is 5.79 Å². The maximum Gasteiger partial charge on any atom is 0.410 e. The Bertz CT molecular complexity index is 2340. The zero-order valence-corrected chi connectivity index (χ0v) is 38.7. The molecule has 3 aliphatic rings. The maximum absolute atomic E-state index is 14.3. The number of benzene rings is 4.